The van der Waals surface area contributed by atoms with Gasteiger partial charge in [0.15, 0.2) is 82.9 Å². The van der Waals surface area contributed by atoms with Gasteiger partial charge in [0.2, 0.25) is 12.4 Å². The van der Waals surface area contributed by atoms with Gasteiger partial charge >= 0.3 is 41.8 Å². The van der Waals surface area contributed by atoms with Gasteiger partial charge in [0.1, 0.15) is 106 Å². The summed E-state index contributed by atoms with van der Waals surface area (Å²) >= 11 is 3.36. The summed E-state index contributed by atoms with van der Waals surface area (Å²) in [6, 6.07) is 0. The number of esters is 7. The Morgan fingerprint density at radius 1 is 0.438 bits per heavy atom. The average molecular weight is 1810 g/mol. The van der Waals surface area contributed by atoms with Crippen LogP contribution in [-0.2, 0) is 157 Å². The normalized spacial score (nSPS) is 38.0. The van der Waals surface area contributed by atoms with E-state index in [1.165, 1.54) is 54.7 Å². The van der Waals surface area contributed by atoms with Gasteiger partial charge in [-0.15, -0.1) is 11.5 Å². The summed E-state index contributed by atoms with van der Waals surface area (Å²) in [5.41, 5.74) is 3.17. The van der Waals surface area contributed by atoms with Crippen molar-refractivity contribution in [2.75, 3.05) is 6.61 Å². The van der Waals surface area contributed by atoms with Crippen LogP contribution in [0.15, 0.2) is 12.0 Å². The molecule has 12 aliphatic heterocycles. The third-order valence-corrected chi connectivity index (χ3v) is 22.1. The first-order valence-corrected chi connectivity index (χ1v) is 45.8. The van der Waals surface area contributed by atoms with Crippen molar-refractivity contribution in [3.05, 3.63) is 12.0 Å². The summed E-state index contributed by atoms with van der Waals surface area (Å²) in [7, 11) is -1.02. The van der Waals surface area contributed by atoms with Crippen LogP contribution in [0.3, 0.4) is 0 Å². The van der Waals surface area contributed by atoms with Crippen LogP contribution in [0.25, 0.3) is 0 Å². The SMILES string of the molecule is CC#C[Si](C)(C)C.CC(=O)OC1=CO[C@H](C(C)C)[C@H](C)[C@@H]1OC(C)=O.CC(=O)OC1O[C@H](C(C)C)[C@H](C)[C@H](OC(C)=O)[C@H]1OC(C)=O.CC(=O)O[C@@H]1[C@@H](OC(C)=O)[C@@H](C)[C@@H](C(C)C)O[C@@H]1Br.CC1(C)O[C@H]2[C@@H](O1)[C@@H](C=O)O[C@@H]1OC(C)(C)O[C@@H]12.CC1(C)O[C@H]2[C@@H](O1)[C@@H](CO)O[C@@H]1OC(C)(C)O[C@@H]12.C[C@@H](O)[C@H]1O[C@@H]2OC(C)(C)O[C@@H]2[C@H]2OC(C)(C)O[C@H]21. The molecule has 29 atom stereocenters. The number of hydrogen-bond acceptors (Lipinski definition) is 35. The molecule has 12 aliphatic rings. The zero-order chi connectivity index (χ0) is 91.8. The van der Waals surface area contributed by atoms with Crippen molar-refractivity contribution in [2.45, 2.75) is 420 Å². The van der Waals surface area contributed by atoms with Crippen molar-refractivity contribution in [3.63, 3.8) is 0 Å². The van der Waals surface area contributed by atoms with Crippen LogP contribution in [0.1, 0.15) is 208 Å². The van der Waals surface area contributed by atoms with E-state index >= 15 is 0 Å². The van der Waals surface area contributed by atoms with E-state index in [4.69, 9.17) is 118 Å². The molecule has 11 fully saturated rings. The summed E-state index contributed by atoms with van der Waals surface area (Å²) in [5, 5.41) is 18.8. The highest BCUT2D eigenvalue weighted by Gasteiger charge is 2.65. The quantitative estimate of drug-likeness (QED) is 0.0433. The monoisotopic (exact) mass is 1810 g/mol. The number of carbonyl (C=O) groups excluding carboxylic acids is 8. The summed E-state index contributed by atoms with van der Waals surface area (Å²) in [5.74, 6) is -4.19. The summed E-state index contributed by atoms with van der Waals surface area (Å²) in [6.07, 6.45) is -9.91. The molecule has 0 spiro atoms. The van der Waals surface area contributed by atoms with Crippen LogP contribution < -0.4 is 0 Å². The third kappa shape index (κ3) is 29.3. The molecule has 0 aromatic heterocycles. The highest BCUT2D eigenvalue weighted by atomic mass is 79.9. The molecule has 121 heavy (non-hydrogen) atoms. The van der Waals surface area contributed by atoms with Gasteiger partial charge in [0, 0.05) is 66.2 Å². The van der Waals surface area contributed by atoms with Gasteiger partial charge in [-0.25, -0.2) is 0 Å². The van der Waals surface area contributed by atoms with Crippen LogP contribution in [0.4, 0.5) is 0 Å². The molecule has 0 aromatic rings. The fourth-order valence-corrected chi connectivity index (χ4v) is 17.7. The first kappa shape index (κ1) is 105. The van der Waals surface area contributed by atoms with Crippen LogP contribution in [0.5, 0.6) is 0 Å². The van der Waals surface area contributed by atoms with E-state index < -0.39 is 176 Å². The molecular weight excluding hydrogens is 1680 g/mol. The Kier molecular flexibility index (Phi) is 37.0. The first-order valence-electron chi connectivity index (χ1n) is 41.4. The molecule has 11 saturated heterocycles. The van der Waals surface area contributed by atoms with Gasteiger partial charge in [-0.1, -0.05) is 97.9 Å². The number of ether oxygens (including phenoxy) is 25. The lowest BCUT2D eigenvalue weighted by Gasteiger charge is -2.44. The molecule has 0 aromatic carbocycles. The molecule has 0 saturated carbocycles. The van der Waals surface area contributed by atoms with E-state index in [0.29, 0.717) is 0 Å². The Morgan fingerprint density at radius 3 is 1.18 bits per heavy atom. The number of aliphatic hydroxyl groups excluding tert-OH is 2. The molecule has 0 radical (unpaired) electrons. The maximum atomic E-state index is 11.4. The van der Waals surface area contributed by atoms with Crippen molar-refractivity contribution in [1.29, 1.82) is 0 Å². The number of alkyl halides is 1. The minimum atomic E-state index is -1.10. The standard InChI is InChI=1S/C15H24O7.C13H21BrO5.C13H22O6.C13H20O5.C12H20O6.C12H18O6.C6H12Si/c1-7(2)12-8(3)13(19-9(4)16)14(20-10(5)17)15(22-12)21-11(6)18;1-6(2)10-7(3)11(17-8(4)15)12(13(14)19-10)18-9(5)16;1-6(14)7-8-9(17-12(2,3)16-8)10-11(15-7)19-13(4,5)18-10;1-7(2)12-8(3)13(18-10(5)15)11(6-16-12)17-9(4)14;2*1-11(2)15-7-6(5-13)14-10-9(8(7)16-11)17-12(3,4)18-10;1-5-6-7(2,3)4/h7-8,12-15H,1-6H3;6-7,10-13H,1-5H3;6-11,14H,1-5H3;6-8,12-13H,1-5H3;6-10,13H,5H2,1-4H3;5-10H,1-4H3;1-4H3/t8-,12+,13-,14+,15?;7-,10+,11-,12+,13-;6-,7-,8+,9+,10-,11-;8-,12+,13-;2*6-,7+,8+,9-,10-;/m001011./s1. The summed E-state index contributed by atoms with van der Waals surface area (Å²) in [4.78, 5) is 89.7. The second kappa shape index (κ2) is 42.7. The summed E-state index contributed by atoms with van der Waals surface area (Å²) in [6.45, 7) is 58.9. The molecule has 0 amide bonds. The second-order valence-electron chi connectivity index (χ2n) is 36.5. The number of rotatable bonds is 13. The van der Waals surface area contributed by atoms with Gasteiger partial charge in [-0.05, 0) is 115 Å². The molecular formula is C84H137BrO35Si. The fourth-order valence-electron chi connectivity index (χ4n) is 16.3. The molecule has 35 nitrogen and oxygen atoms in total. The van der Waals surface area contributed by atoms with E-state index in [2.05, 4.69) is 47.0 Å². The number of aliphatic hydroxyl groups is 2. The average Bonchev–Trinajstić information content (AvgIpc) is 1.59. The van der Waals surface area contributed by atoms with E-state index in [0.717, 1.165) is 6.29 Å². The van der Waals surface area contributed by atoms with Gasteiger partial charge in [-0.3, -0.25) is 33.6 Å². The summed E-state index contributed by atoms with van der Waals surface area (Å²) < 4.78 is 140. The lowest BCUT2D eigenvalue weighted by atomic mass is 9.84. The van der Waals surface area contributed by atoms with Gasteiger partial charge in [0.05, 0.1) is 24.9 Å². The number of carbonyl (C=O) groups is 8. The Hall–Kier alpha value is -5.00. The Labute approximate surface area is 721 Å². The maximum Gasteiger partial charge on any atom is 0.307 e. The Bertz CT molecular complexity index is 3560. The molecule has 1 unspecified atom stereocenters. The lowest BCUT2D eigenvalue weighted by Crippen LogP contribution is -2.58. The van der Waals surface area contributed by atoms with E-state index in [1.54, 1.807) is 20.8 Å². The third-order valence-electron chi connectivity index (χ3n) is 20.4. The molecule has 2 N–H and O–H groups in total. The van der Waals surface area contributed by atoms with Crippen LogP contribution in [-0.4, -0.2) is 266 Å². The van der Waals surface area contributed by atoms with E-state index in [1.807, 2.05) is 138 Å². The highest BCUT2D eigenvalue weighted by Crippen LogP contribution is 2.48. The molecule has 0 bridgehead atoms. The molecule has 0 aliphatic carbocycles. The predicted molar refractivity (Wildman–Crippen MR) is 432 cm³/mol. The predicted octanol–water partition coefficient (Wildman–Crippen LogP) is 9.31. The van der Waals surface area contributed by atoms with Crippen molar-refractivity contribution < 1.29 is 167 Å². The highest BCUT2D eigenvalue weighted by molar-refractivity contribution is 9.09. The van der Waals surface area contributed by atoms with Crippen molar-refractivity contribution >= 4 is 72.1 Å². The number of aldehydes is 1. The van der Waals surface area contributed by atoms with Crippen molar-refractivity contribution in [2.24, 2.45) is 35.5 Å². The van der Waals surface area contributed by atoms with Crippen LogP contribution in [0.2, 0.25) is 19.6 Å². The molecule has 694 valence electrons. The topological polar surface area (TPSA) is 408 Å². The number of fused-ring (bicyclic) bond motifs is 9. The first-order chi connectivity index (χ1) is 55.6. The molecule has 12 rings (SSSR count). The van der Waals surface area contributed by atoms with E-state index in [9.17, 15) is 48.6 Å². The van der Waals surface area contributed by atoms with Gasteiger partial charge < -0.3 is 133 Å². The Morgan fingerprint density at radius 2 is 0.793 bits per heavy atom. The van der Waals surface area contributed by atoms with Crippen molar-refractivity contribution in [1.82, 2.24) is 0 Å². The van der Waals surface area contributed by atoms with Crippen molar-refractivity contribution in [3.8, 4) is 11.5 Å². The Balaban J connectivity index is 0.000000221. The zero-order valence-corrected chi connectivity index (χ0v) is 79.2. The van der Waals surface area contributed by atoms with Gasteiger partial charge in [-0.2, -0.15) is 0 Å². The number of halogens is 1. The largest absolute Gasteiger partial charge is 0.494 e. The maximum absolute atomic E-state index is 11.4. The van der Waals surface area contributed by atoms with Crippen LogP contribution in [0, 0.1) is 47.0 Å². The smallest absolute Gasteiger partial charge is 0.307 e. The second-order valence-corrected chi connectivity index (χ2v) is 42.2. The lowest BCUT2D eigenvalue weighted by molar-refractivity contribution is -0.287. The molecule has 12 heterocycles. The minimum absolute atomic E-state index is 0.0537. The van der Waals surface area contributed by atoms with Crippen LogP contribution >= 0.6 is 15.9 Å². The molecule has 37 heteroatoms. The minimum Gasteiger partial charge on any atom is -0.494 e. The van der Waals surface area contributed by atoms with E-state index in [-0.39, 0.29) is 115 Å². The fraction of sp³-hybridized carbons (Fsp3) is 0.857. The van der Waals surface area contributed by atoms with Gasteiger partial charge in [0.25, 0.3) is 0 Å². The zero-order valence-electron chi connectivity index (χ0n) is 76.6. The number of hydrogen-bond donors (Lipinski definition) is 2.